The van der Waals surface area contributed by atoms with Crippen LogP contribution in [0.3, 0.4) is 0 Å². The molecule has 1 amide bonds. The van der Waals surface area contributed by atoms with E-state index < -0.39 is 15.9 Å². The lowest BCUT2D eigenvalue weighted by atomic mass is 10.2. The standard InChI is InChI=1S/C25H25N3O6S/c1-32-21-7-3-2-6-19(21)27-35(30,31)24-15-18(9-10-20(24)28-12-4-5-13-28)26-25(29)17-8-11-22-23(14-17)34-16-33-22/h2-3,6-11,14-15,27H,4-5,12-13,16H2,1H3,(H,26,29). The summed E-state index contributed by atoms with van der Waals surface area (Å²) in [6.45, 7) is 1.64. The molecule has 0 unspecified atom stereocenters. The van der Waals surface area contributed by atoms with Gasteiger partial charge in [-0.3, -0.25) is 9.52 Å². The number of para-hydroxylation sites is 2. The highest BCUT2D eigenvalue weighted by Crippen LogP contribution is 2.35. The number of hydrogen-bond donors (Lipinski definition) is 2. The quantitative estimate of drug-likeness (QED) is 0.509. The number of nitrogens with zero attached hydrogens (tertiary/aromatic N) is 1. The maximum atomic E-state index is 13.5. The van der Waals surface area contributed by atoms with Crippen molar-refractivity contribution in [3.05, 3.63) is 66.2 Å². The summed E-state index contributed by atoms with van der Waals surface area (Å²) >= 11 is 0. The lowest BCUT2D eigenvalue weighted by molar-refractivity contribution is 0.102. The molecule has 0 atom stereocenters. The number of methoxy groups -OCH3 is 1. The van der Waals surface area contributed by atoms with Gasteiger partial charge in [0, 0.05) is 24.3 Å². The Morgan fingerprint density at radius 1 is 0.971 bits per heavy atom. The molecule has 0 radical (unpaired) electrons. The van der Waals surface area contributed by atoms with Crippen LogP contribution in [0.15, 0.2) is 65.6 Å². The van der Waals surface area contributed by atoms with Gasteiger partial charge in [-0.1, -0.05) is 12.1 Å². The van der Waals surface area contributed by atoms with Gasteiger partial charge >= 0.3 is 0 Å². The second-order valence-electron chi connectivity index (χ2n) is 8.20. The molecule has 3 aromatic carbocycles. The number of anilines is 3. The number of benzene rings is 3. The van der Waals surface area contributed by atoms with Crippen LogP contribution in [0.5, 0.6) is 17.2 Å². The van der Waals surface area contributed by atoms with Gasteiger partial charge in [0.25, 0.3) is 15.9 Å². The second kappa shape index (κ2) is 9.38. The lowest BCUT2D eigenvalue weighted by Crippen LogP contribution is -2.23. The average molecular weight is 496 g/mol. The van der Waals surface area contributed by atoms with Crippen LogP contribution in [0, 0.1) is 0 Å². The smallest absolute Gasteiger partial charge is 0.264 e. The topological polar surface area (TPSA) is 106 Å². The molecule has 0 spiro atoms. The molecule has 2 N–H and O–H groups in total. The molecule has 9 nitrogen and oxygen atoms in total. The molecule has 1 fully saturated rings. The van der Waals surface area contributed by atoms with E-state index in [1.165, 1.54) is 13.2 Å². The summed E-state index contributed by atoms with van der Waals surface area (Å²) in [5.74, 6) is 1.09. The van der Waals surface area contributed by atoms with Gasteiger partial charge in [0.2, 0.25) is 6.79 Å². The Bertz CT molecular complexity index is 1370. The molecule has 5 rings (SSSR count). The SMILES string of the molecule is COc1ccccc1NS(=O)(=O)c1cc(NC(=O)c2ccc3c(c2)OCO3)ccc1N1CCCC1. The lowest BCUT2D eigenvalue weighted by Gasteiger charge is -2.23. The molecular formula is C25H25N3O6S. The van der Waals surface area contributed by atoms with Gasteiger partial charge in [-0.25, -0.2) is 8.42 Å². The summed E-state index contributed by atoms with van der Waals surface area (Å²) in [5, 5.41) is 2.80. The average Bonchev–Trinajstić information content (AvgIpc) is 3.56. The molecule has 182 valence electrons. The first kappa shape index (κ1) is 22.9. The van der Waals surface area contributed by atoms with E-state index in [4.69, 9.17) is 14.2 Å². The molecule has 2 aliphatic rings. The van der Waals surface area contributed by atoms with Crippen molar-refractivity contribution in [1.29, 1.82) is 0 Å². The summed E-state index contributed by atoms with van der Waals surface area (Å²) < 4.78 is 45.7. The van der Waals surface area contributed by atoms with Crippen molar-refractivity contribution in [2.45, 2.75) is 17.7 Å². The monoisotopic (exact) mass is 495 g/mol. The molecule has 0 bridgehead atoms. The van der Waals surface area contributed by atoms with Gasteiger partial charge in [0.05, 0.1) is 18.5 Å². The normalized spacial score (nSPS) is 14.6. The van der Waals surface area contributed by atoms with Crippen LogP contribution in [-0.4, -0.2) is 41.3 Å². The zero-order valence-electron chi connectivity index (χ0n) is 19.1. The number of carbonyl (C=O) groups excluding carboxylic acids is 1. The molecule has 3 aromatic rings. The number of fused-ring (bicyclic) bond motifs is 1. The van der Waals surface area contributed by atoms with Crippen LogP contribution in [0.25, 0.3) is 0 Å². The van der Waals surface area contributed by atoms with Crippen molar-refractivity contribution < 1.29 is 27.4 Å². The Hall–Kier alpha value is -3.92. The summed E-state index contributed by atoms with van der Waals surface area (Å²) in [6.07, 6.45) is 1.98. The minimum Gasteiger partial charge on any atom is -0.495 e. The van der Waals surface area contributed by atoms with E-state index >= 15 is 0 Å². The van der Waals surface area contributed by atoms with Crippen LogP contribution in [0.4, 0.5) is 17.1 Å². The Morgan fingerprint density at radius 2 is 1.74 bits per heavy atom. The van der Waals surface area contributed by atoms with Crippen molar-refractivity contribution in [3.8, 4) is 17.2 Å². The first-order valence-corrected chi connectivity index (χ1v) is 12.7. The highest BCUT2D eigenvalue weighted by Gasteiger charge is 2.26. The predicted molar refractivity (Wildman–Crippen MR) is 132 cm³/mol. The fraction of sp³-hybridized carbons (Fsp3) is 0.240. The second-order valence-corrected chi connectivity index (χ2v) is 9.86. The van der Waals surface area contributed by atoms with Gasteiger partial charge in [0.1, 0.15) is 10.6 Å². The van der Waals surface area contributed by atoms with Crippen molar-refractivity contribution in [2.24, 2.45) is 0 Å². The molecule has 1 saturated heterocycles. The molecule has 2 aliphatic heterocycles. The summed E-state index contributed by atoms with van der Waals surface area (Å²) in [7, 11) is -2.52. The van der Waals surface area contributed by atoms with Crippen molar-refractivity contribution in [3.63, 3.8) is 0 Å². The molecule has 0 aliphatic carbocycles. The van der Waals surface area contributed by atoms with E-state index in [1.807, 2.05) is 4.90 Å². The zero-order valence-corrected chi connectivity index (χ0v) is 19.9. The summed E-state index contributed by atoms with van der Waals surface area (Å²) in [6, 6.07) is 16.6. The van der Waals surface area contributed by atoms with Gasteiger partial charge in [0.15, 0.2) is 11.5 Å². The van der Waals surface area contributed by atoms with E-state index in [0.717, 1.165) is 25.9 Å². The number of ether oxygens (including phenoxy) is 3. The Morgan fingerprint density at radius 3 is 2.54 bits per heavy atom. The number of hydrogen-bond acceptors (Lipinski definition) is 7. The minimum absolute atomic E-state index is 0.0776. The summed E-state index contributed by atoms with van der Waals surface area (Å²) in [5.41, 5.74) is 1.65. The highest BCUT2D eigenvalue weighted by atomic mass is 32.2. The van der Waals surface area contributed by atoms with E-state index in [-0.39, 0.29) is 11.7 Å². The van der Waals surface area contributed by atoms with E-state index in [1.54, 1.807) is 54.6 Å². The minimum atomic E-state index is -4.00. The summed E-state index contributed by atoms with van der Waals surface area (Å²) in [4.78, 5) is 15.0. The van der Waals surface area contributed by atoms with Crippen molar-refractivity contribution in [1.82, 2.24) is 0 Å². The molecule has 10 heteroatoms. The van der Waals surface area contributed by atoms with E-state index in [2.05, 4.69) is 10.0 Å². The number of amides is 1. The maximum Gasteiger partial charge on any atom is 0.264 e. The fourth-order valence-electron chi connectivity index (χ4n) is 4.20. The highest BCUT2D eigenvalue weighted by molar-refractivity contribution is 7.93. The molecule has 0 aromatic heterocycles. The molecule has 0 saturated carbocycles. The first-order chi connectivity index (χ1) is 16.9. The first-order valence-electron chi connectivity index (χ1n) is 11.2. The van der Waals surface area contributed by atoms with E-state index in [9.17, 15) is 13.2 Å². The fourth-order valence-corrected chi connectivity index (χ4v) is 5.52. The van der Waals surface area contributed by atoms with Crippen LogP contribution in [-0.2, 0) is 10.0 Å². The third kappa shape index (κ3) is 4.69. The van der Waals surface area contributed by atoms with Crippen molar-refractivity contribution >= 4 is 33.0 Å². The largest absolute Gasteiger partial charge is 0.495 e. The maximum absolute atomic E-state index is 13.5. The Labute approximate surface area is 203 Å². The van der Waals surface area contributed by atoms with Crippen LogP contribution < -0.4 is 29.1 Å². The Kier molecular flexibility index (Phi) is 6.12. The van der Waals surface area contributed by atoms with Gasteiger partial charge in [-0.05, 0) is 61.4 Å². The third-order valence-corrected chi connectivity index (χ3v) is 7.33. The Balaban J connectivity index is 1.47. The van der Waals surface area contributed by atoms with Gasteiger partial charge in [-0.15, -0.1) is 0 Å². The number of nitrogens with one attached hydrogen (secondary N) is 2. The molecule has 35 heavy (non-hydrogen) atoms. The van der Waals surface area contributed by atoms with Gasteiger partial charge < -0.3 is 24.4 Å². The molecule has 2 heterocycles. The molecular weight excluding hydrogens is 470 g/mol. The van der Waals surface area contributed by atoms with Crippen LogP contribution >= 0.6 is 0 Å². The predicted octanol–water partition coefficient (Wildman–Crippen LogP) is 4.08. The van der Waals surface area contributed by atoms with Crippen LogP contribution in [0.1, 0.15) is 23.2 Å². The third-order valence-electron chi connectivity index (χ3n) is 5.94. The zero-order chi connectivity index (χ0) is 24.4. The van der Waals surface area contributed by atoms with Crippen molar-refractivity contribution in [2.75, 3.05) is 41.9 Å². The number of sulfonamides is 1. The van der Waals surface area contributed by atoms with E-state index in [0.29, 0.717) is 39.9 Å². The number of carbonyl (C=O) groups is 1. The number of rotatable bonds is 7. The van der Waals surface area contributed by atoms with Crippen LogP contribution in [0.2, 0.25) is 0 Å². The van der Waals surface area contributed by atoms with Gasteiger partial charge in [-0.2, -0.15) is 0 Å².